The van der Waals surface area contributed by atoms with Crippen LogP contribution >= 0.6 is 0 Å². The Morgan fingerprint density at radius 1 is 1.08 bits per heavy atom. The van der Waals surface area contributed by atoms with Crippen LogP contribution in [0.3, 0.4) is 0 Å². The molecule has 3 aromatic rings. The van der Waals surface area contributed by atoms with Crippen molar-refractivity contribution in [3.8, 4) is 11.3 Å². The molecular weight excluding hydrogens is 509 g/mol. The van der Waals surface area contributed by atoms with Crippen LogP contribution in [0.15, 0.2) is 59.9 Å². The van der Waals surface area contributed by atoms with E-state index in [-0.39, 0.29) is 23.6 Å². The van der Waals surface area contributed by atoms with Gasteiger partial charge in [0, 0.05) is 24.7 Å². The maximum atomic E-state index is 14.2. The minimum Gasteiger partial charge on any atom is -0.349 e. The van der Waals surface area contributed by atoms with Crippen molar-refractivity contribution in [1.29, 1.82) is 0 Å². The van der Waals surface area contributed by atoms with Gasteiger partial charge in [-0.25, -0.2) is 22.2 Å². The zero-order valence-electron chi connectivity index (χ0n) is 18.3. The van der Waals surface area contributed by atoms with E-state index in [9.17, 15) is 35.2 Å². The molecule has 36 heavy (non-hydrogen) atoms. The molecule has 1 aromatic carbocycles. The molecule has 14 heteroatoms. The van der Waals surface area contributed by atoms with E-state index < -0.39 is 52.4 Å². The highest BCUT2D eigenvalue weighted by Gasteiger charge is 2.44. The fourth-order valence-electron chi connectivity index (χ4n) is 3.66. The van der Waals surface area contributed by atoms with Crippen molar-refractivity contribution in [2.75, 3.05) is 6.54 Å². The van der Waals surface area contributed by atoms with Gasteiger partial charge in [0.05, 0.1) is 35.2 Å². The van der Waals surface area contributed by atoms with E-state index in [1.165, 1.54) is 18.3 Å². The highest BCUT2D eigenvalue weighted by molar-refractivity contribution is 7.89. The lowest BCUT2D eigenvalue weighted by Gasteiger charge is -2.23. The smallest absolute Gasteiger partial charge is 0.349 e. The van der Waals surface area contributed by atoms with Crippen LogP contribution in [0.2, 0.25) is 0 Å². The quantitative estimate of drug-likeness (QED) is 0.494. The molecule has 0 bridgehead atoms. The van der Waals surface area contributed by atoms with Crippen molar-refractivity contribution in [2.45, 2.75) is 36.3 Å². The van der Waals surface area contributed by atoms with E-state index in [0.717, 1.165) is 34.8 Å². The van der Waals surface area contributed by atoms with Gasteiger partial charge in [-0.2, -0.15) is 17.5 Å². The van der Waals surface area contributed by atoms with Gasteiger partial charge in [0.15, 0.2) is 5.69 Å². The Balaban J connectivity index is 1.46. The molecule has 2 atom stereocenters. The number of halogens is 5. The standard InChI is InChI=1S/C22H18F5N5O3S/c23-14-1-3-17(4-2-14)36(34,35)32-12-15(24)8-19(32)21(33)31-9-16-7-13(5-6-28-16)18-10-30-20(11-29-18)22(25,26)27/h1-7,10-11,15,19H,8-9,12H2,(H,31,33). The van der Waals surface area contributed by atoms with Gasteiger partial charge in [-0.3, -0.25) is 14.8 Å². The van der Waals surface area contributed by atoms with Gasteiger partial charge in [0.25, 0.3) is 0 Å². The topological polar surface area (TPSA) is 105 Å². The summed E-state index contributed by atoms with van der Waals surface area (Å²) in [5, 5.41) is 2.51. The second kappa shape index (κ2) is 9.85. The number of sulfonamides is 1. The molecular formula is C22H18F5N5O3S. The molecule has 0 aliphatic carbocycles. The van der Waals surface area contributed by atoms with Crippen molar-refractivity contribution in [3.05, 3.63) is 72.2 Å². The number of carbonyl (C=O) groups is 1. The number of nitrogens with one attached hydrogen (secondary N) is 1. The first-order valence-corrected chi connectivity index (χ1v) is 11.9. The zero-order valence-corrected chi connectivity index (χ0v) is 19.1. The predicted molar refractivity (Wildman–Crippen MR) is 116 cm³/mol. The fourth-order valence-corrected chi connectivity index (χ4v) is 5.28. The molecule has 2 aromatic heterocycles. The monoisotopic (exact) mass is 527 g/mol. The molecule has 190 valence electrons. The van der Waals surface area contributed by atoms with Crippen molar-refractivity contribution >= 4 is 15.9 Å². The maximum Gasteiger partial charge on any atom is 0.434 e. The average molecular weight is 527 g/mol. The van der Waals surface area contributed by atoms with Crippen LogP contribution in [-0.4, -0.2) is 52.3 Å². The molecule has 0 saturated carbocycles. The lowest BCUT2D eigenvalue weighted by molar-refractivity contribution is -0.141. The Labute approximate surface area is 202 Å². The second-order valence-corrected chi connectivity index (χ2v) is 9.81. The molecule has 3 heterocycles. The number of aromatic nitrogens is 3. The molecule has 0 radical (unpaired) electrons. The van der Waals surface area contributed by atoms with Gasteiger partial charge in [-0.05, 0) is 36.4 Å². The highest BCUT2D eigenvalue weighted by atomic mass is 32.2. The van der Waals surface area contributed by atoms with Crippen LogP contribution in [0.25, 0.3) is 11.3 Å². The van der Waals surface area contributed by atoms with Gasteiger partial charge < -0.3 is 5.32 Å². The Bertz CT molecular complexity index is 1350. The number of amides is 1. The van der Waals surface area contributed by atoms with Crippen LogP contribution in [0.5, 0.6) is 0 Å². The molecule has 8 nitrogen and oxygen atoms in total. The number of hydrogen-bond acceptors (Lipinski definition) is 6. The van der Waals surface area contributed by atoms with Crippen LogP contribution in [0.4, 0.5) is 22.0 Å². The van der Waals surface area contributed by atoms with Crippen molar-refractivity contribution in [1.82, 2.24) is 24.6 Å². The van der Waals surface area contributed by atoms with Crippen LogP contribution in [0, 0.1) is 5.82 Å². The van der Waals surface area contributed by atoms with Crippen LogP contribution in [-0.2, 0) is 27.5 Å². The molecule has 2 unspecified atom stereocenters. The molecule has 0 spiro atoms. The lowest BCUT2D eigenvalue weighted by atomic mass is 10.1. The number of benzene rings is 1. The zero-order chi connectivity index (χ0) is 26.1. The molecule has 1 amide bonds. The summed E-state index contributed by atoms with van der Waals surface area (Å²) in [5.41, 5.74) is -0.313. The predicted octanol–water partition coefficient (Wildman–Crippen LogP) is 3.11. The molecule has 1 N–H and O–H groups in total. The summed E-state index contributed by atoms with van der Waals surface area (Å²) in [7, 11) is -4.27. The van der Waals surface area contributed by atoms with E-state index in [4.69, 9.17) is 0 Å². The second-order valence-electron chi connectivity index (χ2n) is 7.92. The van der Waals surface area contributed by atoms with E-state index in [0.29, 0.717) is 17.5 Å². The Kier molecular flexibility index (Phi) is 7.00. The van der Waals surface area contributed by atoms with Crippen LogP contribution < -0.4 is 5.32 Å². The number of hydrogen-bond donors (Lipinski definition) is 1. The molecule has 4 rings (SSSR count). The first-order valence-electron chi connectivity index (χ1n) is 10.5. The molecule has 1 aliphatic heterocycles. The third-order valence-corrected chi connectivity index (χ3v) is 7.31. The SMILES string of the molecule is O=C(NCc1cc(-c2cnc(C(F)(F)F)cn2)ccn1)C1CC(F)CN1S(=O)(=O)c1ccc(F)cc1. The number of carbonyl (C=O) groups excluding carboxylic acids is 1. The molecule has 1 fully saturated rings. The van der Waals surface area contributed by atoms with Gasteiger partial charge in [-0.15, -0.1) is 0 Å². The average Bonchev–Trinajstić information content (AvgIpc) is 3.25. The minimum absolute atomic E-state index is 0.144. The normalized spacial score (nSPS) is 18.8. The minimum atomic E-state index is -4.63. The Morgan fingerprint density at radius 3 is 2.44 bits per heavy atom. The maximum absolute atomic E-state index is 14.2. The summed E-state index contributed by atoms with van der Waals surface area (Å²) >= 11 is 0. The van der Waals surface area contributed by atoms with Crippen molar-refractivity contribution < 1.29 is 35.2 Å². The highest BCUT2D eigenvalue weighted by Crippen LogP contribution is 2.29. The summed E-state index contributed by atoms with van der Waals surface area (Å²) in [5.74, 6) is -1.41. The van der Waals surface area contributed by atoms with E-state index in [2.05, 4.69) is 20.3 Å². The molecule has 1 saturated heterocycles. The fraction of sp³-hybridized carbons (Fsp3) is 0.273. The summed E-state index contributed by atoms with van der Waals surface area (Å²) in [6, 6.07) is 5.59. The number of nitrogens with zero attached hydrogens (tertiary/aromatic N) is 4. The van der Waals surface area contributed by atoms with Gasteiger partial charge in [0.2, 0.25) is 15.9 Å². The lowest BCUT2D eigenvalue weighted by Crippen LogP contribution is -2.45. The van der Waals surface area contributed by atoms with E-state index in [1.54, 1.807) is 0 Å². The third kappa shape index (κ3) is 5.49. The number of pyridine rings is 1. The van der Waals surface area contributed by atoms with Crippen molar-refractivity contribution in [3.63, 3.8) is 0 Å². The van der Waals surface area contributed by atoms with Gasteiger partial charge in [-0.1, -0.05) is 0 Å². The number of rotatable bonds is 6. The van der Waals surface area contributed by atoms with E-state index >= 15 is 0 Å². The van der Waals surface area contributed by atoms with Crippen molar-refractivity contribution in [2.24, 2.45) is 0 Å². The van der Waals surface area contributed by atoms with Crippen LogP contribution in [0.1, 0.15) is 17.8 Å². The Hall–Kier alpha value is -3.52. The summed E-state index contributed by atoms with van der Waals surface area (Å²) < 4.78 is 92.0. The van der Waals surface area contributed by atoms with Gasteiger partial charge >= 0.3 is 6.18 Å². The first kappa shape index (κ1) is 25.6. The Morgan fingerprint density at radius 2 is 1.81 bits per heavy atom. The van der Waals surface area contributed by atoms with Gasteiger partial charge in [0.1, 0.15) is 18.0 Å². The summed E-state index contributed by atoms with van der Waals surface area (Å²) in [6.07, 6.45) is -3.65. The largest absolute Gasteiger partial charge is 0.434 e. The van der Waals surface area contributed by atoms with E-state index in [1.807, 2.05) is 0 Å². The third-order valence-electron chi connectivity index (χ3n) is 5.43. The number of alkyl halides is 4. The summed E-state index contributed by atoms with van der Waals surface area (Å²) in [6.45, 7) is -0.698. The summed E-state index contributed by atoms with van der Waals surface area (Å²) in [4.78, 5) is 23.7. The molecule has 1 aliphatic rings. The first-order chi connectivity index (χ1) is 16.9.